The van der Waals surface area contributed by atoms with Gasteiger partial charge in [-0.1, -0.05) is 29.8 Å². The first-order valence-electron chi connectivity index (χ1n) is 8.37. The van der Waals surface area contributed by atoms with E-state index in [1.807, 2.05) is 38.1 Å². The molecule has 6 heteroatoms. The van der Waals surface area contributed by atoms with Crippen molar-refractivity contribution in [3.05, 3.63) is 58.9 Å². The van der Waals surface area contributed by atoms with Gasteiger partial charge in [0.25, 0.3) is 0 Å². The van der Waals surface area contributed by atoms with Crippen LogP contribution < -0.4 is 15.4 Å². The van der Waals surface area contributed by atoms with Gasteiger partial charge < -0.3 is 15.4 Å². The van der Waals surface area contributed by atoms with Crippen molar-refractivity contribution in [3.63, 3.8) is 0 Å². The molecule has 0 radical (unpaired) electrons. The second-order valence-corrected chi connectivity index (χ2v) is 6.29. The lowest BCUT2D eigenvalue weighted by Gasteiger charge is -2.14. The average Bonchev–Trinajstić information content (AvgIpc) is 2.59. The van der Waals surface area contributed by atoms with Gasteiger partial charge in [0.15, 0.2) is 5.96 Å². The van der Waals surface area contributed by atoms with E-state index in [1.165, 1.54) is 0 Å². The summed E-state index contributed by atoms with van der Waals surface area (Å²) in [5, 5.41) is 7.12. The lowest BCUT2D eigenvalue weighted by atomic mass is 10.2. The highest BCUT2D eigenvalue weighted by Crippen LogP contribution is 2.14. The Morgan fingerprint density at radius 3 is 2.72 bits per heavy atom. The average molecular weight is 361 g/mol. The zero-order valence-electron chi connectivity index (χ0n) is 14.9. The fraction of sp³-hybridized carbons (Fsp3) is 0.368. The highest BCUT2D eigenvalue weighted by atomic mass is 35.5. The minimum absolute atomic E-state index is 0.167. The topological polar surface area (TPSA) is 58.5 Å². The van der Waals surface area contributed by atoms with Gasteiger partial charge in [0.2, 0.25) is 0 Å². The van der Waals surface area contributed by atoms with Gasteiger partial charge in [-0.25, -0.2) is 4.98 Å². The minimum Gasteiger partial charge on any atom is -0.491 e. The van der Waals surface area contributed by atoms with E-state index in [-0.39, 0.29) is 6.10 Å². The molecule has 134 valence electrons. The van der Waals surface area contributed by atoms with Crippen LogP contribution in [0.3, 0.4) is 0 Å². The van der Waals surface area contributed by atoms with E-state index in [4.69, 9.17) is 16.3 Å². The van der Waals surface area contributed by atoms with Crippen LogP contribution in [0.5, 0.6) is 5.75 Å². The highest BCUT2D eigenvalue weighted by Gasteiger charge is 2.02. The number of rotatable bonds is 7. The van der Waals surface area contributed by atoms with E-state index in [1.54, 1.807) is 19.3 Å². The third-order valence-electron chi connectivity index (χ3n) is 3.45. The molecule has 0 atom stereocenters. The van der Waals surface area contributed by atoms with Crippen LogP contribution in [0.1, 0.15) is 25.0 Å². The standard InChI is InChI=1S/C19H25ClN4O/c1-14(2)25-17-6-4-5-16(11-17)13-24-19(21-3)22-10-9-15-7-8-18(20)23-12-15/h4-8,11-12,14H,9-10,13H2,1-3H3,(H2,21,22,24). The Balaban J connectivity index is 1.79. The van der Waals surface area contributed by atoms with Crippen molar-refractivity contribution in [1.82, 2.24) is 15.6 Å². The molecule has 5 nitrogen and oxygen atoms in total. The summed E-state index contributed by atoms with van der Waals surface area (Å²) in [5.74, 6) is 1.64. The molecule has 0 aliphatic carbocycles. The summed E-state index contributed by atoms with van der Waals surface area (Å²) in [4.78, 5) is 8.33. The van der Waals surface area contributed by atoms with Crippen LogP contribution in [0.4, 0.5) is 0 Å². The van der Waals surface area contributed by atoms with Gasteiger partial charge in [0, 0.05) is 26.3 Å². The largest absolute Gasteiger partial charge is 0.491 e. The van der Waals surface area contributed by atoms with Crippen LogP contribution in [-0.2, 0) is 13.0 Å². The fourth-order valence-corrected chi connectivity index (χ4v) is 2.40. The number of nitrogens with one attached hydrogen (secondary N) is 2. The van der Waals surface area contributed by atoms with Crippen molar-refractivity contribution in [1.29, 1.82) is 0 Å². The molecule has 2 N–H and O–H groups in total. The number of aliphatic imine (C=N–C) groups is 1. The van der Waals surface area contributed by atoms with Gasteiger partial charge in [-0.2, -0.15) is 0 Å². The molecule has 0 spiro atoms. The summed E-state index contributed by atoms with van der Waals surface area (Å²) in [5.41, 5.74) is 2.27. The summed E-state index contributed by atoms with van der Waals surface area (Å²) >= 11 is 5.79. The van der Waals surface area contributed by atoms with Crippen LogP contribution in [0, 0.1) is 0 Å². The number of ether oxygens (including phenoxy) is 1. The number of pyridine rings is 1. The third-order valence-corrected chi connectivity index (χ3v) is 3.67. The van der Waals surface area contributed by atoms with Gasteiger partial charge in [0.1, 0.15) is 10.9 Å². The van der Waals surface area contributed by atoms with Crippen LogP contribution >= 0.6 is 11.6 Å². The van der Waals surface area contributed by atoms with Gasteiger partial charge in [0.05, 0.1) is 6.10 Å². The summed E-state index contributed by atoms with van der Waals surface area (Å²) in [6.07, 6.45) is 2.81. The lowest BCUT2D eigenvalue weighted by Crippen LogP contribution is -2.37. The second-order valence-electron chi connectivity index (χ2n) is 5.91. The highest BCUT2D eigenvalue weighted by molar-refractivity contribution is 6.29. The molecule has 1 heterocycles. The number of benzene rings is 1. The molecule has 2 rings (SSSR count). The Labute approximate surface area is 154 Å². The molecular formula is C19H25ClN4O. The molecule has 0 fully saturated rings. The molecule has 0 saturated heterocycles. The maximum Gasteiger partial charge on any atom is 0.191 e. The number of aromatic nitrogens is 1. The van der Waals surface area contributed by atoms with Crippen molar-refractivity contribution in [2.75, 3.05) is 13.6 Å². The summed E-state index contributed by atoms with van der Waals surface area (Å²) < 4.78 is 5.72. The van der Waals surface area contributed by atoms with Crippen molar-refractivity contribution in [2.45, 2.75) is 32.9 Å². The maximum atomic E-state index is 5.79. The predicted molar refractivity (Wildman–Crippen MR) is 103 cm³/mol. The Bertz CT molecular complexity index is 686. The molecule has 1 aromatic heterocycles. The quantitative estimate of drug-likeness (QED) is 0.451. The van der Waals surface area contributed by atoms with Crippen molar-refractivity contribution >= 4 is 17.6 Å². The third kappa shape index (κ3) is 7.01. The monoisotopic (exact) mass is 360 g/mol. The smallest absolute Gasteiger partial charge is 0.191 e. The number of guanidine groups is 1. The van der Waals surface area contributed by atoms with Crippen LogP contribution in [0.2, 0.25) is 5.15 Å². The van der Waals surface area contributed by atoms with E-state index < -0.39 is 0 Å². The van der Waals surface area contributed by atoms with Crippen molar-refractivity contribution in [3.8, 4) is 5.75 Å². The molecule has 0 unspecified atom stereocenters. The van der Waals surface area contributed by atoms with Gasteiger partial charge in [-0.15, -0.1) is 0 Å². The van der Waals surface area contributed by atoms with E-state index in [0.717, 1.165) is 35.8 Å². The van der Waals surface area contributed by atoms with Gasteiger partial charge in [-0.05, 0) is 49.6 Å². The van der Waals surface area contributed by atoms with E-state index in [0.29, 0.717) is 11.7 Å². The van der Waals surface area contributed by atoms with Gasteiger partial charge >= 0.3 is 0 Å². The molecule has 1 aromatic carbocycles. The SMILES string of the molecule is CN=C(NCCc1ccc(Cl)nc1)NCc1cccc(OC(C)C)c1. The minimum atomic E-state index is 0.167. The van der Waals surface area contributed by atoms with Crippen molar-refractivity contribution in [2.24, 2.45) is 4.99 Å². The zero-order chi connectivity index (χ0) is 18.1. The molecule has 0 amide bonds. The molecule has 0 aliphatic heterocycles. The van der Waals surface area contributed by atoms with E-state index >= 15 is 0 Å². The van der Waals surface area contributed by atoms with Crippen LogP contribution in [0.15, 0.2) is 47.6 Å². The Morgan fingerprint density at radius 2 is 2.04 bits per heavy atom. The number of nitrogens with zero attached hydrogens (tertiary/aromatic N) is 2. The number of halogens is 1. The van der Waals surface area contributed by atoms with Crippen molar-refractivity contribution < 1.29 is 4.74 Å². The summed E-state index contributed by atoms with van der Waals surface area (Å²) in [6, 6.07) is 11.9. The first kappa shape index (κ1) is 19.1. The molecule has 2 aromatic rings. The molecule has 0 saturated carbocycles. The fourth-order valence-electron chi connectivity index (χ4n) is 2.29. The predicted octanol–water partition coefficient (Wildman–Crippen LogP) is 3.43. The number of hydrogen-bond acceptors (Lipinski definition) is 3. The van der Waals surface area contributed by atoms with Crippen LogP contribution in [0.25, 0.3) is 0 Å². The lowest BCUT2D eigenvalue weighted by molar-refractivity contribution is 0.242. The van der Waals surface area contributed by atoms with E-state index in [9.17, 15) is 0 Å². The Morgan fingerprint density at radius 1 is 1.20 bits per heavy atom. The molecule has 0 bridgehead atoms. The first-order valence-corrected chi connectivity index (χ1v) is 8.75. The Hall–Kier alpha value is -2.27. The summed E-state index contributed by atoms with van der Waals surface area (Å²) in [7, 11) is 1.76. The van der Waals surface area contributed by atoms with E-state index in [2.05, 4.69) is 26.7 Å². The number of hydrogen-bond donors (Lipinski definition) is 2. The zero-order valence-corrected chi connectivity index (χ0v) is 15.7. The maximum absolute atomic E-state index is 5.79. The summed E-state index contributed by atoms with van der Waals surface area (Å²) in [6.45, 7) is 5.48. The molecule has 0 aliphatic rings. The Kier molecular flexibility index (Phi) is 7.54. The normalized spacial score (nSPS) is 11.5. The van der Waals surface area contributed by atoms with Gasteiger partial charge in [-0.3, -0.25) is 4.99 Å². The molecule has 25 heavy (non-hydrogen) atoms. The molecular weight excluding hydrogens is 336 g/mol. The van der Waals surface area contributed by atoms with Crippen LogP contribution in [-0.4, -0.2) is 30.6 Å². The second kappa shape index (κ2) is 9.89. The first-order chi connectivity index (χ1) is 12.1.